The summed E-state index contributed by atoms with van der Waals surface area (Å²) in [5.41, 5.74) is 2.98. The van der Waals surface area contributed by atoms with Crippen molar-refractivity contribution in [3.8, 4) is 0 Å². The van der Waals surface area contributed by atoms with Gasteiger partial charge in [-0.15, -0.1) is 0 Å². The summed E-state index contributed by atoms with van der Waals surface area (Å²) in [7, 11) is 0. The molecule has 1 heterocycles. The van der Waals surface area contributed by atoms with Crippen molar-refractivity contribution in [2.75, 3.05) is 19.6 Å². The summed E-state index contributed by atoms with van der Waals surface area (Å²) in [6.45, 7) is 3.42. The van der Waals surface area contributed by atoms with Gasteiger partial charge < -0.3 is 9.80 Å². The van der Waals surface area contributed by atoms with Crippen molar-refractivity contribution >= 4 is 23.4 Å². The lowest BCUT2D eigenvalue weighted by Crippen LogP contribution is -2.57. The number of benzene rings is 2. The molecule has 0 spiro atoms. The highest BCUT2D eigenvalue weighted by molar-refractivity contribution is 6.02. The standard InChI is InChI=1S/C27H28N2O4/c1-17-16-28(26(32)22-10-12-24(30)20-8-4-2-6-18(20)22)14-15-29(17)27(33)23-11-13-25(31)21-9-5-3-7-19(21)23/h2-9,17,22-23H,10-16H2,1H3/t17-,22?,23?/m1/s1. The number of hydrogen-bond donors (Lipinski definition) is 0. The van der Waals surface area contributed by atoms with Crippen LogP contribution in [0.1, 0.15) is 76.3 Å². The second kappa shape index (κ2) is 8.58. The van der Waals surface area contributed by atoms with E-state index < -0.39 is 0 Å². The Morgan fingerprint density at radius 1 is 0.758 bits per heavy atom. The Kier molecular flexibility index (Phi) is 5.60. The molecule has 1 saturated heterocycles. The van der Waals surface area contributed by atoms with Crippen LogP contribution in [0, 0.1) is 0 Å². The molecule has 0 radical (unpaired) electrons. The fourth-order valence-corrected chi connectivity index (χ4v) is 5.66. The molecule has 0 aromatic heterocycles. The Labute approximate surface area is 193 Å². The first-order valence-electron chi connectivity index (χ1n) is 11.8. The minimum absolute atomic E-state index is 0.0440. The molecular weight excluding hydrogens is 416 g/mol. The quantitative estimate of drug-likeness (QED) is 0.710. The monoisotopic (exact) mass is 444 g/mol. The fraction of sp³-hybridized carbons (Fsp3) is 0.407. The van der Waals surface area contributed by atoms with Crippen molar-refractivity contribution in [3.63, 3.8) is 0 Å². The third kappa shape index (κ3) is 3.77. The summed E-state index contributed by atoms with van der Waals surface area (Å²) in [5.74, 6) is -0.316. The number of nitrogens with zero attached hydrogens (tertiary/aromatic N) is 2. The first-order chi connectivity index (χ1) is 16.0. The molecular formula is C27H28N2O4. The molecule has 3 atom stereocenters. The summed E-state index contributed by atoms with van der Waals surface area (Å²) in [6, 6.07) is 14.7. The van der Waals surface area contributed by atoms with Gasteiger partial charge in [-0.1, -0.05) is 48.5 Å². The van der Waals surface area contributed by atoms with Gasteiger partial charge in [-0.25, -0.2) is 0 Å². The SMILES string of the molecule is C[C@@H]1CN(C(=O)C2CCC(=O)c3ccccc32)CCN1C(=O)C1CCC(=O)c2ccccc21. The van der Waals surface area contributed by atoms with Crippen molar-refractivity contribution < 1.29 is 19.2 Å². The van der Waals surface area contributed by atoms with E-state index in [2.05, 4.69) is 0 Å². The van der Waals surface area contributed by atoms with Crippen LogP contribution < -0.4 is 0 Å². The highest BCUT2D eigenvalue weighted by Gasteiger charge is 2.39. The van der Waals surface area contributed by atoms with Crippen molar-refractivity contribution in [2.45, 2.75) is 50.5 Å². The van der Waals surface area contributed by atoms with Gasteiger partial charge in [0.15, 0.2) is 11.6 Å². The van der Waals surface area contributed by atoms with E-state index in [1.165, 1.54) is 0 Å². The van der Waals surface area contributed by atoms with Crippen molar-refractivity contribution in [1.29, 1.82) is 0 Å². The molecule has 0 bridgehead atoms. The van der Waals surface area contributed by atoms with Crippen LogP contribution in [0.2, 0.25) is 0 Å². The van der Waals surface area contributed by atoms with E-state index in [0.717, 1.165) is 11.1 Å². The molecule has 2 aromatic rings. The van der Waals surface area contributed by atoms with Gasteiger partial charge in [-0.3, -0.25) is 19.2 Å². The van der Waals surface area contributed by atoms with E-state index >= 15 is 0 Å². The predicted molar refractivity (Wildman–Crippen MR) is 123 cm³/mol. The first-order valence-corrected chi connectivity index (χ1v) is 11.8. The third-order valence-electron chi connectivity index (χ3n) is 7.41. The molecule has 2 amide bonds. The number of amides is 2. The molecule has 5 rings (SSSR count). The van der Waals surface area contributed by atoms with Crippen LogP contribution in [0.25, 0.3) is 0 Å². The van der Waals surface area contributed by atoms with E-state index in [4.69, 9.17) is 0 Å². The highest BCUT2D eigenvalue weighted by atomic mass is 16.2. The normalized spacial score (nSPS) is 24.8. The third-order valence-corrected chi connectivity index (χ3v) is 7.41. The zero-order chi connectivity index (χ0) is 23.1. The predicted octanol–water partition coefficient (Wildman–Crippen LogP) is 3.57. The van der Waals surface area contributed by atoms with Gasteiger partial charge in [0.1, 0.15) is 0 Å². The summed E-state index contributed by atoms with van der Waals surface area (Å²) < 4.78 is 0. The van der Waals surface area contributed by atoms with E-state index in [9.17, 15) is 19.2 Å². The van der Waals surface area contributed by atoms with E-state index in [0.29, 0.717) is 56.4 Å². The number of carbonyl (C=O) groups is 4. The average Bonchev–Trinajstić information content (AvgIpc) is 2.84. The summed E-state index contributed by atoms with van der Waals surface area (Å²) >= 11 is 0. The van der Waals surface area contributed by atoms with Gasteiger partial charge in [-0.05, 0) is 30.9 Å². The molecule has 170 valence electrons. The Hall–Kier alpha value is -3.28. The van der Waals surface area contributed by atoms with Crippen molar-refractivity contribution in [3.05, 3.63) is 70.8 Å². The van der Waals surface area contributed by atoms with Gasteiger partial charge in [0.05, 0.1) is 11.8 Å². The minimum Gasteiger partial charge on any atom is -0.338 e. The van der Waals surface area contributed by atoms with Crippen LogP contribution in [-0.4, -0.2) is 58.9 Å². The Morgan fingerprint density at radius 2 is 1.27 bits per heavy atom. The van der Waals surface area contributed by atoms with Gasteiger partial charge in [0.2, 0.25) is 11.8 Å². The minimum atomic E-state index is -0.306. The zero-order valence-electron chi connectivity index (χ0n) is 18.8. The molecule has 2 unspecified atom stereocenters. The van der Waals surface area contributed by atoms with E-state index in [-0.39, 0.29) is 41.3 Å². The Morgan fingerprint density at radius 3 is 1.82 bits per heavy atom. The molecule has 6 nitrogen and oxygen atoms in total. The lowest BCUT2D eigenvalue weighted by atomic mass is 9.80. The lowest BCUT2D eigenvalue weighted by Gasteiger charge is -2.43. The number of fused-ring (bicyclic) bond motifs is 2. The fourth-order valence-electron chi connectivity index (χ4n) is 5.66. The molecule has 6 heteroatoms. The van der Waals surface area contributed by atoms with Crippen LogP contribution >= 0.6 is 0 Å². The molecule has 1 fully saturated rings. The van der Waals surface area contributed by atoms with E-state index in [1.807, 2.05) is 65.3 Å². The smallest absolute Gasteiger partial charge is 0.230 e. The number of ketones is 2. The largest absolute Gasteiger partial charge is 0.338 e. The second-order valence-electron chi connectivity index (χ2n) is 9.37. The molecule has 2 aliphatic carbocycles. The number of carbonyl (C=O) groups excluding carboxylic acids is 4. The summed E-state index contributed by atoms with van der Waals surface area (Å²) in [5, 5.41) is 0. The number of rotatable bonds is 2. The highest BCUT2D eigenvalue weighted by Crippen LogP contribution is 2.35. The number of hydrogen-bond acceptors (Lipinski definition) is 4. The van der Waals surface area contributed by atoms with Crippen LogP contribution in [0.3, 0.4) is 0 Å². The van der Waals surface area contributed by atoms with Crippen LogP contribution in [0.4, 0.5) is 0 Å². The van der Waals surface area contributed by atoms with E-state index in [1.54, 1.807) is 0 Å². The van der Waals surface area contributed by atoms with Gasteiger partial charge in [0, 0.05) is 49.6 Å². The molecule has 33 heavy (non-hydrogen) atoms. The summed E-state index contributed by atoms with van der Waals surface area (Å²) in [4.78, 5) is 55.2. The van der Waals surface area contributed by atoms with Crippen LogP contribution in [0.5, 0.6) is 0 Å². The average molecular weight is 445 g/mol. The maximum atomic E-state index is 13.5. The van der Waals surface area contributed by atoms with Crippen molar-refractivity contribution in [1.82, 2.24) is 9.80 Å². The molecule has 0 N–H and O–H groups in total. The molecule has 1 aliphatic heterocycles. The Balaban J connectivity index is 1.30. The maximum absolute atomic E-state index is 13.5. The topological polar surface area (TPSA) is 74.8 Å². The van der Waals surface area contributed by atoms with Gasteiger partial charge >= 0.3 is 0 Å². The maximum Gasteiger partial charge on any atom is 0.230 e. The zero-order valence-corrected chi connectivity index (χ0v) is 18.8. The molecule has 3 aliphatic rings. The number of Topliss-reactive ketones (excluding diaryl/α,β-unsaturated/α-hetero) is 2. The first kappa shape index (κ1) is 21.6. The second-order valence-corrected chi connectivity index (χ2v) is 9.37. The van der Waals surface area contributed by atoms with Gasteiger partial charge in [-0.2, -0.15) is 0 Å². The van der Waals surface area contributed by atoms with Crippen molar-refractivity contribution in [2.24, 2.45) is 0 Å². The Bertz CT molecular complexity index is 1140. The van der Waals surface area contributed by atoms with Crippen LogP contribution in [0.15, 0.2) is 48.5 Å². The lowest BCUT2D eigenvalue weighted by molar-refractivity contribution is -0.144. The van der Waals surface area contributed by atoms with Gasteiger partial charge in [0.25, 0.3) is 0 Å². The molecule has 0 saturated carbocycles. The summed E-state index contributed by atoms with van der Waals surface area (Å²) in [6.07, 6.45) is 1.85. The van der Waals surface area contributed by atoms with Crippen LogP contribution in [-0.2, 0) is 9.59 Å². The molecule has 2 aromatic carbocycles. The number of piperazine rings is 1.